The van der Waals surface area contributed by atoms with Gasteiger partial charge in [-0.3, -0.25) is 4.90 Å². The van der Waals surface area contributed by atoms with Gasteiger partial charge in [0.15, 0.2) is 5.17 Å². The van der Waals surface area contributed by atoms with Crippen molar-refractivity contribution < 1.29 is 19.5 Å². The van der Waals surface area contributed by atoms with E-state index in [9.17, 15) is 4.79 Å². The summed E-state index contributed by atoms with van der Waals surface area (Å²) in [4.78, 5) is 14.1. The van der Waals surface area contributed by atoms with Crippen molar-refractivity contribution in [2.45, 2.75) is 32.4 Å². The molecule has 0 spiro atoms. The van der Waals surface area contributed by atoms with Crippen LogP contribution in [0, 0.1) is 0 Å². The van der Waals surface area contributed by atoms with Gasteiger partial charge >= 0.3 is 6.09 Å². The summed E-state index contributed by atoms with van der Waals surface area (Å²) in [6, 6.07) is 6.91. The van der Waals surface area contributed by atoms with Crippen molar-refractivity contribution in [2.24, 2.45) is 5.16 Å². The molecule has 1 N–H and O–H groups in total. The third-order valence-corrected chi connectivity index (χ3v) is 3.67. The number of ether oxygens (including phenoxy) is 2. The Morgan fingerprint density at radius 2 is 2.04 bits per heavy atom. The number of carbonyl (C=O) groups excluding carboxylic acids is 1. The van der Waals surface area contributed by atoms with E-state index in [0.29, 0.717) is 25.3 Å². The molecule has 0 bridgehead atoms. The second-order valence-electron chi connectivity index (χ2n) is 6.28. The number of carbonyl (C=O) groups is 1. The van der Waals surface area contributed by atoms with Crippen molar-refractivity contribution in [3.8, 4) is 0 Å². The van der Waals surface area contributed by atoms with Crippen LogP contribution in [0.5, 0.6) is 0 Å². The Hall–Kier alpha value is -1.79. The van der Waals surface area contributed by atoms with Gasteiger partial charge in [0.25, 0.3) is 0 Å². The predicted molar refractivity (Wildman–Crippen MR) is 87.1 cm³/mol. The number of amides is 1. The van der Waals surface area contributed by atoms with Crippen LogP contribution < -0.4 is 0 Å². The van der Waals surface area contributed by atoms with Crippen LogP contribution in [-0.4, -0.2) is 46.7 Å². The van der Waals surface area contributed by atoms with Gasteiger partial charge in [-0.1, -0.05) is 41.0 Å². The van der Waals surface area contributed by atoms with Crippen molar-refractivity contribution in [3.63, 3.8) is 0 Å². The van der Waals surface area contributed by atoms with Crippen LogP contribution in [0.25, 0.3) is 0 Å². The molecule has 1 heterocycles. The van der Waals surface area contributed by atoms with E-state index >= 15 is 0 Å². The van der Waals surface area contributed by atoms with Crippen LogP contribution in [0.15, 0.2) is 29.4 Å². The maximum absolute atomic E-state index is 12.4. The summed E-state index contributed by atoms with van der Waals surface area (Å²) < 4.78 is 11.0. The van der Waals surface area contributed by atoms with Crippen LogP contribution >= 0.6 is 11.6 Å². The fourth-order valence-electron chi connectivity index (χ4n) is 2.32. The molecule has 1 aliphatic heterocycles. The van der Waals surface area contributed by atoms with Gasteiger partial charge in [0.05, 0.1) is 19.3 Å². The molecule has 1 aliphatic rings. The normalized spacial score (nSPS) is 19.6. The molecule has 7 heteroatoms. The van der Waals surface area contributed by atoms with E-state index in [0.717, 1.165) is 5.56 Å². The van der Waals surface area contributed by atoms with Gasteiger partial charge in [-0.25, -0.2) is 4.79 Å². The summed E-state index contributed by atoms with van der Waals surface area (Å²) in [7, 11) is 0. The zero-order valence-electron chi connectivity index (χ0n) is 13.5. The van der Waals surface area contributed by atoms with Crippen molar-refractivity contribution >= 4 is 22.9 Å². The second kappa shape index (κ2) is 7.19. The van der Waals surface area contributed by atoms with E-state index in [2.05, 4.69) is 5.16 Å². The molecular formula is C16H21ClN2O4. The Morgan fingerprint density at radius 1 is 1.39 bits per heavy atom. The Labute approximate surface area is 140 Å². The quantitative estimate of drug-likeness (QED) is 0.509. The molecule has 0 aromatic heterocycles. The van der Waals surface area contributed by atoms with Gasteiger partial charge in [0.1, 0.15) is 5.60 Å². The summed E-state index contributed by atoms with van der Waals surface area (Å²) >= 11 is 5.77. The molecule has 2 rings (SSSR count). The summed E-state index contributed by atoms with van der Waals surface area (Å²) in [6.45, 7) is 6.87. The van der Waals surface area contributed by atoms with Crippen LogP contribution in [0.2, 0.25) is 0 Å². The van der Waals surface area contributed by atoms with Gasteiger partial charge in [0, 0.05) is 12.1 Å². The molecule has 0 unspecified atom stereocenters. The van der Waals surface area contributed by atoms with Crippen molar-refractivity contribution in [3.05, 3.63) is 35.4 Å². The minimum Gasteiger partial charge on any atom is -0.444 e. The molecule has 1 aromatic carbocycles. The first-order valence-corrected chi connectivity index (χ1v) is 7.75. The minimum atomic E-state index is -0.547. The van der Waals surface area contributed by atoms with E-state index < -0.39 is 5.60 Å². The van der Waals surface area contributed by atoms with Gasteiger partial charge in [0.2, 0.25) is 0 Å². The standard InChI is InChI=1S/C16H21ClN2O4/c1-16(2,3)23-15(20)19-8-9-22-10-13(19)11-4-6-12(7-5-11)14(17)18-21/h4-7,13,21H,8-10H2,1-3H3/b18-14-/t13-/m0/s1. The highest BCUT2D eigenvalue weighted by Gasteiger charge is 2.32. The fraction of sp³-hybridized carbons (Fsp3) is 0.500. The number of benzene rings is 1. The molecule has 1 atom stereocenters. The topological polar surface area (TPSA) is 71.4 Å². The molecule has 23 heavy (non-hydrogen) atoms. The van der Waals surface area contributed by atoms with Gasteiger partial charge < -0.3 is 14.7 Å². The van der Waals surface area contributed by atoms with Crippen molar-refractivity contribution in [1.82, 2.24) is 4.90 Å². The smallest absolute Gasteiger partial charge is 0.410 e. The summed E-state index contributed by atoms with van der Waals surface area (Å²) in [5.41, 5.74) is 0.953. The molecule has 0 radical (unpaired) electrons. The Morgan fingerprint density at radius 3 is 2.61 bits per heavy atom. The molecule has 1 aromatic rings. The minimum absolute atomic E-state index is 0.0143. The maximum atomic E-state index is 12.4. The van der Waals surface area contributed by atoms with Gasteiger partial charge in [-0.2, -0.15) is 0 Å². The van der Waals surface area contributed by atoms with Crippen LogP contribution in [0.1, 0.15) is 37.9 Å². The molecular weight excluding hydrogens is 320 g/mol. The number of oxime groups is 1. The van der Waals surface area contributed by atoms with E-state index in [1.807, 2.05) is 32.9 Å². The predicted octanol–water partition coefficient (Wildman–Crippen LogP) is 3.37. The Kier molecular flexibility index (Phi) is 5.49. The summed E-state index contributed by atoms with van der Waals surface area (Å²) in [5, 5.41) is 11.7. The first-order valence-electron chi connectivity index (χ1n) is 7.37. The molecule has 0 aliphatic carbocycles. The van der Waals surface area contributed by atoms with Crippen LogP contribution in [0.4, 0.5) is 4.79 Å². The number of hydrogen-bond donors (Lipinski definition) is 1. The van der Waals surface area contributed by atoms with Crippen LogP contribution in [0.3, 0.4) is 0 Å². The number of morpholine rings is 1. The van der Waals surface area contributed by atoms with E-state index in [1.54, 1.807) is 17.0 Å². The third-order valence-electron chi connectivity index (χ3n) is 3.38. The molecule has 6 nitrogen and oxygen atoms in total. The zero-order chi connectivity index (χ0) is 17.0. The lowest BCUT2D eigenvalue weighted by atomic mass is 10.0. The Balaban J connectivity index is 2.19. The second-order valence-corrected chi connectivity index (χ2v) is 6.64. The average molecular weight is 341 g/mol. The molecule has 126 valence electrons. The molecule has 1 amide bonds. The van der Waals surface area contributed by atoms with E-state index in [4.69, 9.17) is 26.3 Å². The summed E-state index contributed by atoms with van der Waals surface area (Å²) in [6.07, 6.45) is -0.357. The Bertz CT molecular complexity index is 581. The fourth-order valence-corrected chi connectivity index (χ4v) is 2.45. The lowest BCUT2D eigenvalue weighted by Gasteiger charge is -2.36. The van der Waals surface area contributed by atoms with E-state index in [1.165, 1.54) is 0 Å². The lowest BCUT2D eigenvalue weighted by Crippen LogP contribution is -2.45. The third kappa shape index (κ3) is 4.59. The first kappa shape index (κ1) is 17.6. The number of rotatable bonds is 2. The van der Waals surface area contributed by atoms with Crippen LogP contribution in [-0.2, 0) is 9.47 Å². The van der Waals surface area contributed by atoms with Crippen molar-refractivity contribution in [1.29, 1.82) is 0 Å². The highest BCUT2D eigenvalue weighted by Crippen LogP contribution is 2.26. The molecule has 1 saturated heterocycles. The van der Waals surface area contributed by atoms with Gasteiger partial charge in [-0.05, 0) is 26.3 Å². The lowest BCUT2D eigenvalue weighted by molar-refractivity contribution is -0.0331. The first-order chi connectivity index (χ1) is 10.8. The largest absolute Gasteiger partial charge is 0.444 e. The average Bonchev–Trinajstić information content (AvgIpc) is 2.52. The molecule has 0 saturated carbocycles. The molecule has 1 fully saturated rings. The summed E-state index contributed by atoms with van der Waals surface area (Å²) in [5.74, 6) is 0. The highest BCUT2D eigenvalue weighted by molar-refractivity contribution is 6.69. The SMILES string of the molecule is CC(C)(C)OC(=O)N1CCOC[C@H]1c1ccc(/C(Cl)=N/O)cc1. The zero-order valence-corrected chi connectivity index (χ0v) is 14.2. The highest BCUT2D eigenvalue weighted by atomic mass is 35.5. The monoisotopic (exact) mass is 340 g/mol. The van der Waals surface area contributed by atoms with E-state index in [-0.39, 0.29) is 17.3 Å². The number of hydrogen-bond acceptors (Lipinski definition) is 5. The maximum Gasteiger partial charge on any atom is 0.410 e. The van der Waals surface area contributed by atoms with Gasteiger partial charge in [-0.15, -0.1) is 0 Å². The van der Waals surface area contributed by atoms with Crippen molar-refractivity contribution in [2.75, 3.05) is 19.8 Å². The number of halogens is 1. The number of nitrogens with zero attached hydrogens (tertiary/aromatic N) is 2.